The van der Waals surface area contributed by atoms with Gasteiger partial charge in [0.2, 0.25) is 11.8 Å². The topological polar surface area (TPSA) is 109 Å². The van der Waals surface area contributed by atoms with Crippen LogP contribution in [0.25, 0.3) is 5.65 Å². The minimum Gasteiger partial charge on any atom is -0.346 e. The molecule has 4 unspecified atom stereocenters. The number of halogens is 1. The molecule has 1 saturated heterocycles. The second-order valence-corrected chi connectivity index (χ2v) is 10.0. The van der Waals surface area contributed by atoms with E-state index < -0.39 is 34.6 Å². The zero-order valence-electron chi connectivity index (χ0n) is 20.5. The molecule has 3 heterocycles. The highest BCUT2D eigenvalue weighted by atomic mass is 19.1. The first-order valence-electron chi connectivity index (χ1n) is 12.1. The van der Waals surface area contributed by atoms with Gasteiger partial charge in [0.15, 0.2) is 11.5 Å². The van der Waals surface area contributed by atoms with Crippen LogP contribution in [0.15, 0.2) is 48.7 Å². The van der Waals surface area contributed by atoms with Gasteiger partial charge in [-0.25, -0.2) is 4.39 Å². The summed E-state index contributed by atoms with van der Waals surface area (Å²) in [6, 6.07) is 11.1. The van der Waals surface area contributed by atoms with Gasteiger partial charge in [0.25, 0.3) is 5.91 Å². The van der Waals surface area contributed by atoms with Crippen LogP contribution in [-0.4, -0.2) is 50.3 Å². The van der Waals surface area contributed by atoms with Crippen molar-refractivity contribution >= 4 is 23.4 Å². The van der Waals surface area contributed by atoms with E-state index in [4.69, 9.17) is 0 Å². The van der Waals surface area contributed by atoms with Crippen molar-refractivity contribution in [3.8, 4) is 0 Å². The first kappa shape index (κ1) is 23.9. The summed E-state index contributed by atoms with van der Waals surface area (Å²) in [6.45, 7) is 5.25. The van der Waals surface area contributed by atoms with E-state index in [1.165, 1.54) is 32.0 Å². The van der Waals surface area contributed by atoms with Crippen molar-refractivity contribution in [1.82, 2.24) is 30.1 Å². The van der Waals surface area contributed by atoms with E-state index in [1.807, 2.05) is 35.7 Å². The average molecular weight is 493 g/mol. The van der Waals surface area contributed by atoms with Gasteiger partial charge < -0.3 is 15.5 Å². The van der Waals surface area contributed by atoms with Crippen molar-refractivity contribution in [2.24, 2.45) is 11.3 Å². The molecule has 188 valence electrons. The molecule has 2 fully saturated rings. The third-order valence-electron chi connectivity index (χ3n) is 7.71. The number of carbonyl (C=O) groups is 3. The average Bonchev–Trinajstić information content (AvgIpc) is 3.37. The third-order valence-corrected chi connectivity index (χ3v) is 7.71. The summed E-state index contributed by atoms with van der Waals surface area (Å²) in [7, 11) is 0. The lowest BCUT2D eigenvalue weighted by Crippen LogP contribution is -2.56. The number of hydrogen-bond acceptors (Lipinski definition) is 5. The monoisotopic (exact) mass is 492 g/mol. The molecule has 4 atom stereocenters. The molecule has 1 aliphatic carbocycles. The number of nitrogens with zero attached hydrogens (tertiary/aromatic N) is 4. The lowest BCUT2D eigenvalue weighted by atomic mass is 9.61. The smallest absolute Gasteiger partial charge is 0.252 e. The van der Waals surface area contributed by atoms with Crippen molar-refractivity contribution in [1.29, 1.82) is 0 Å². The Hall–Kier alpha value is -3.82. The molecular formula is C26H29FN6O3. The largest absolute Gasteiger partial charge is 0.346 e. The van der Waals surface area contributed by atoms with E-state index in [2.05, 4.69) is 20.8 Å². The molecular weight excluding hydrogens is 463 g/mol. The second kappa shape index (κ2) is 8.69. The van der Waals surface area contributed by atoms with Crippen LogP contribution in [0.1, 0.15) is 51.0 Å². The van der Waals surface area contributed by atoms with Crippen LogP contribution in [0.5, 0.6) is 0 Å². The Bertz CT molecular complexity index is 1360. The molecule has 3 amide bonds. The van der Waals surface area contributed by atoms with Crippen molar-refractivity contribution in [2.75, 3.05) is 13.1 Å². The van der Waals surface area contributed by atoms with Gasteiger partial charge >= 0.3 is 0 Å². The number of carbonyl (C=O) groups excluding carboxylic acids is 3. The Morgan fingerprint density at radius 1 is 1.17 bits per heavy atom. The zero-order chi connectivity index (χ0) is 25.7. The molecule has 0 radical (unpaired) electrons. The molecule has 1 aromatic carbocycles. The normalized spacial score (nSPS) is 23.3. The van der Waals surface area contributed by atoms with Crippen LogP contribution in [0.4, 0.5) is 4.39 Å². The first-order valence-corrected chi connectivity index (χ1v) is 12.1. The number of amides is 3. The molecule has 36 heavy (non-hydrogen) atoms. The fourth-order valence-electron chi connectivity index (χ4n) is 5.70. The molecule has 9 nitrogen and oxygen atoms in total. The number of pyridine rings is 1. The molecule has 5 rings (SSSR count). The van der Waals surface area contributed by atoms with E-state index >= 15 is 0 Å². The molecule has 3 aromatic rings. The van der Waals surface area contributed by atoms with E-state index in [9.17, 15) is 18.8 Å². The van der Waals surface area contributed by atoms with Crippen LogP contribution in [0.2, 0.25) is 0 Å². The number of likely N-dealkylation sites (tertiary alicyclic amines) is 1. The maximum atomic E-state index is 14.7. The van der Waals surface area contributed by atoms with Gasteiger partial charge in [-0.05, 0) is 50.8 Å². The standard InChI is InChI=1S/C26H29FN6O3/c1-16(22-31-30-21-10-6-7-13-33(21)22)28-23(35)26-12-11-18(26)14-32(15-26)24(36)25(3,29-17(2)34)19-8-4-5-9-20(19)27/h4-10,13,16,18H,11-12,14-15H2,1-3H3,(H,28,35)(H,29,34). The number of nitrogens with one attached hydrogen (secondary N) is 2. The molecule has 0 bridgehead atoms. The molecule has 10 heteroatoms. The van der Waals surface area contributed by atoms with Crippen LogP contribution >= 0.6 is 0 Å². The van der Waals surface area contributed by atoms with Crippen LogP contribution in [0.3, 0.4) is 0 Å². The summed E-state index contributed by atoms with van der Waals surface area (Å²) in [5, 5.41) is 14.1. The van der Waals surface area contributed by atoms with Crippen molar-refractivity contribution in [3.05, 3.63) is 65.9 Å². The lowest BCUT2D eigenvalue weighted by Gasteiger charge is -2.42. The Kier molecular flexibility index (Phi) is 5.77. The fourth-order valence-corrected chi connectivity index (χ4v) is 5.70. The number of rotatable bonds is 6. The molecule has 2 N–H and O–H groups in total. The molecule has 0 spiro atoms. The van der Waals surface area contributed by atoms with E-state index in [-0.39, 0.29) is 23.9 Å². The van der Waals surface area contributed by atoms with Gasteiger partial charge in [-0.3, -0.25) is 18.8 Å². The summed E-state index contributed by atoms with van der Waals surface area (Å²) in [5.41, 5.74) is -1.53. The maximum absolute atomic E-state index is 14.7. The molecule has 1 aliphatic heterocycles. The van der Waals surface area contributed by atoms with Gasteiger partial charge in [-0.1, -0.05) is 24.3 Å². The third kappa shape index (κ3) is 3.71. The second-order valence-electron chi connectivity index (χ2n) is 10.0. The lowest BCUT2D eigenvalue weighted by molar-refractivity contribution is -0.142. The Morgan fingerprint density at radius 3 is 2.61 bits per heavy atom. The van der Waals surface area contributed by atoms with Crippen LogP contribution in [0, 0.1) is 17.2 Å². The van der Waals surface area contributed by atoms with Gasteiger partial charge in [0, 0.05) is 31.8 Å². The summed E-state index contributed by atoms with van der Waals surface area (Å²) < 4.78 is 16.6. The number of fused-ring (bicyclic) bond motifs is 2. The van der Waals surface area contributed by atoms with Crippen LogP contribution < -0.4 is 10.6 Å². The SMILES string of the molecule is CC(=O)NC(C)(C(=O)N1CC2CCC2(C(=O)NC(C)c2nnc3ccccn23)C1)c1ccccc1F. The molecule has 2 aromatic heterocycles. The minimum absolute atomic E-state index is 0.00834. The Morgan fingerprint density at radius 2 is 1.92 bits per heavy atom. The number of hydrogen-bond donors (Lipinski definition) is 2. The van der Waals surface area contributed by atoms with Crippen molar-refractivity contribution < 1.29 is 18.8 Å². The Labute approximate surface area is 208 Å². The minimum atomic E-state index is -1.59. The highest BCUT2D eigenvalue weighted by molar-refractivity contribution is 5.93. The van der Waals surface area contributed by atoms with Gasteiger partial charge in [0.1, 0.15) is 11.4 Å². The summed E-state index contributed by atoms with van der Waals surface area (Å²) in [4.78, 5) is 41.0. The van der Waals surface area contributed by atoms with Crippen molar-refractivity contribution in [3.63, 3.8) is 0 Å². The highest BCUT2D eigenvalue weighted by Crippen LogP contribution is 2.53. The number of benzene rings is 1. The van der Waals surface area contributed by atoms with Crippen LogP contribution in [-0.2, 0) is 19.9 Å². The maximum Gasteiger partial charge on any atom is 0.252 e. The molecule has 2 aliphatic rings. The summed E-state index contributed by atoms with van der Waals surface area (Å²) >= 11 is 0. The predicted octanol–water partition coefficient (Wildman–Crippen LogP) is 2.34. The van der Waals surface area contributed by atoms with E-state index in [0.717, 1.165) is 6.42 Å². The zero-order valence-corrected chi connectivity index (χ0v) is 20.5. The number of aromatic nitrogens is 3. The Balaban J connectivity index is 1.37. The summed E-state index contributed by atoms with van der Waals surface area (Å²) in [5.74, 6) is -0.979. The first-order chi connectivity index (χ1) is 17.2. The van der Waals surface area contributed by atoms with Gasteiger partial charge in [-0.15, -0.1) is 10.2 Å². The van der Waals surface area contributed by atoms with Crippen molar-refractivity contribution in [2.45, 2.75) is 45.2 Å². The van der Waals surface area contributed by atoms with E-state index in [0.29, 0.717) is 24.4 Å². The molecule has 1 saturated carbocycles. The quantitative estimate of drug-likeness (QED) is 0.549. The van der Waals surface area contributed by atoms with E-state index in [1.54, 1.807) is 11.0 Å². The fraction of sp³-hybridized carbons (Fsp3) is 0.423. The predicted molar refractivity (Wildman–Crippen MR) is 129 cm³/mol. The summed E-state index contributed by atoms with van der Waals surface area (Å²) in [6.07, 6.45) is 3.31. The highest BCUT2D eigenvalue weighted by Gasteiger charge is 2.60. The van der Waals surface area contributed by atoms with Gasteiger partial charge in [0.05, 0.1) is 11.5 Å². The van der Waals surface area contributed by atoms with Gasteiger partial charge in [-0.2, -0.15) is 0 Å².